The van der Waals surface area contributed by atoms with E-state index in [1.807, 2.05) is 17.4 Å². The first-order valence-electron chi connectivity index (χ1n) is 10.2. The van der Waals surface area contributed by atoms with Crippen molar-refractivity contribution in [3.05, 3.63) is 87.2 Å². The number of benzene rings is 1. The Kier molecular flexibility index (Phi) is 6.39. The van der Waals surface area contributed by atoms with E-state index in [0.29, 0.717) is 11.4 Å². The topological polar surface area (TPSA) is 44.1 Å². The molecule has 4 nitrogen and oxygen atoms in total. The zero-order valence-electron chi connectivity index (χ0n) is 16.8. The molecule has 5 rings (SSSR count). The summed E-state index contributed by atoms with van der Waals surface area (Å²) in [5.41, 5.74) is 2.81. The highest BCUT2D eigenvalue weighted by Crippen LogP contribution is 2.36. The molecule has 0 atom stereocenters. The first kappa shape index (κ1) is 21.5. The molecule has 0 radical (unpaired) electrons. The smallest absolute Gasteiger partial charge is 0.258 e. The van der Waals surface area contributed by atoms with Crippen molar-refractivity contribution in [2.24, 2.45) is 0 Å². The van der Waals surface area contributed by atoms with Gasteiger partial charge < -0.3 is 4.74 Å². The minimum absolute atomic E-state index is 0. The maximum atomic E-state index is 12.9. The zero-order chi connectivity index (χ0) is 20.5. The van der Waals surface area contributed by atoms with Gasteiger partial charge in [-0.3, -0.25) is 14.3 Å². The monoisotopic (exact) mass is 456 g/mol. The molecule has 1 aliphatic carbocycles. The highest BCUT2D eigenvalue weighted by Gasteiger charge is 2.15. The van der Waals surface area contributed by atoms with E-state index in [1.165, 1.54) is 58.3 Å². The molecule has 1 aromatic carbocycles. The Morgan fingerprint density at radius 1 is 1.06 bits per heavy atom. The fraction of sp³-hybridized carbons (Fsp3) is 0.250. The summed E-state index contributed by atoms with van der Waals surface area (Å²) in [6, 6.07) is 12.4. The highest BCUT2D eigenvalue weighted by atomic mass is 35.5. The number of aryl methyl sites for hydroxylation is 2. The molecule has 31 heavy (non-hydrogen) atoms. The van der Waals surface area contributed by atoms with E-state index in [2.05, 4.69) is 17.1 Å². The second-order valence-electron chi connectivity index (χ2n) is 7.57. The standard InChI is InChI=1S/C24H21FN2O2S.ClH/c25-16-6-7-17(26-14-16)15-29-19-10-11-27(24(28)13-19)18-8-9-21-20-4-2-1-3-5-22(20)30-23(21)12-18;/h6-14H,1-5,15H2;1H. The van der Waals surface area contributed by atoms with Crippen LogP contribution < -0.4 is 10.3 Å². The second kappa shape index (κ2) is 9.20. The minimum Gasteiger partial charge on any atom is -0.487 e. The number of aromatic nitrogens is 2. The maximum absolute atomic E-state index is 12.9. The van der Waals surface area contributed by atoms with Crippen molar-refractivity contribution < 1.29 is 9.13 Å². The van der Waals surface area contributed by atoms with Crippen molar-refractivity contribution in [1.29, 1.82) is 0 Å². The predicted molar refractivity (Wildman–Crippen MR) is 124 cm³/mol. The second-order valence-corrected chi connectivity index (χ2v) is 8.71. The Bertz CT molecular complexity index is 1270. The molecule has 160 valence electrons. The van der Waals surface area contributed by atoms with Crippen LogP contribution in [0.1, 0.15) is 35.4 Å². The molecule has 0 aliphatic heterocycles. The lowest BCUT2D eigenvalue weighted by Gasteiger charge is -2.09. The largest absolute Gasteiger partial charge is 0.487 e. The molecule has 0 bridgehead atoms. The lowest BCUT2D eigenvalue weighted by molar-refractivity contribution is 0.300. The van der Waals surface area contributed by atoms with Gasteiger partial charge in [-0.25, -0.2) is 4.39 Å². The Hall–Kier alpha value is -2.70. The summed E-state index contributed by atoms with van der Waals surface area (Å²) < 4.78 is 21.5. The van der Waals surface area contributed by atoms with Crippen LogP contribution in [0, 0.1) is 5.82 Å². The van der Waals surface area contributed by atoms with Crippen LogP contribution in [0.5, 0.6) is 5.75 Å². The van der Waals surface area contributed by atoms with Crippen molar-refractivity contribution in [3.63, 3.8) is 0 Å². The molecular formula is C24H22ClFN2O2S. The number of halogens is 2. The van der Waals surface area contributed by atoms with Crippen molar-refractivity contribution in [2.45, 2.75) is 38.7 Å². The maximum Gasteiger partial charge on any atom is 0.258 e. The molecule has 3 heterocycles. The summed E-state index contributed by atoms with van der Waals surface area (Å²) >= 11 is 1.86. The van der Waals surface area contributed by atoms with Gasteiger partial charge in [0.25, 0.3) is 5.56 Å². The van der Waals surface area contributed by atoms with Crippen molar-refractivity contribution in [2.75, 3.05) is 0 Å². The van der Waals surface area contributed by atoms with Gasteiger partial charge in [-0.05, 0) is 67.0 Å². The summed E-state index contributed by atoms with van der Waals surface area (Å²) in [6.45, 7) is 0.177. The van der Waals surface area contributed by atoms with Crippen LogP contribution in [-0.4, -0.2) is 9.55 Å². The number of nitrogens with zero attached hydrogens (tertiary/aromatic N) is 2. The Balaban J connectivity index is 0.00000231. The van der Waals surface area contributed by atoms with Gasteiger partial charge in [-0.1, -0.05) is 12.5 Å². The average Bonchev–Trinajstić information content (AvgIpc) is 2.93. The Labute approximate surface area is 189 Å². The van der Waals surface area contributed by atoms with Gasteiger partial charge >= 0.3 is 0 Å². The van der Waals surface area contributed by atoms with Gasteiger partial charge in [0.05, 0.1) is 17.6 Å². The number of hydrogen-bond acceptors (Lipinski definition) is 4. The van der Waals surface area contributed by atoms with Gasteiger partial charge in [0, 0.05) is 21.8 Å². The van der Waals surface area contributed by atoms with Gasteiger partial charge in [0.1, 0.15) is 18.2 Å². The van der Waals surface area contributed by atoms with E-state index in [4.69, 9.17) is 4.74 Å². The number of hydrogen-bond donors (Lipinski definition) is 0. The van der Waals surface area contributed by atoms with Crippen LogP contribution in [0.3, 0.4) is 0 Å². The van der Waals surface area contributed by atoms with Crippen LogP contribution in [0.2, 0.25) is 0 Å². The van der Waals surface area contributed by atoms with Crippen LogP contribution >= 0.6 is 23.7 Å². The molecule has 0 saturated heterocycles. The summed E-state index contributed by atoms with van der Waals surface area (Å²) in [5.74, 6) is 0.0757. The van der Waals surface area contributed by atoms with E-state index >= 15 is 0 Å². The third-order valence-corrected chi connectivity index (χ3v) is 6.79. The van der Waals surface area contributed by atoms with E-state index in [1.54, 1.807) is 22.9 Å². The van der Waals surface area contributed by atoms with Gasteiger partial charge in [0.2, 0.25) is 0 Å². The van der Waals surface area contributed by atoms with E-state index in [0.717, 1.165) is 18.3 Å². The van der Waals surface area contributed by atoms with E-state index in [9.17, 15) is 9.18 Å². The molecule has 0 amide bonds. The molecule has 1 aliphatic rings. The SMILES string of the molecule is Cl.O=c1cc(OCc2ccc(F)cn2)ccn1-c1ccc2c3c(sc2c1)CCCCC3. The summed E-state index contributed by atoms with van der Waals surface area (Å²) in [6.07, 6.45) is 9.03. The third kappa shape index (κ3) is 4.50. The molecule has 0 N–H and O–H groups in total. The first-order valence-corrected chi connectivity index (χ1v) is 11.0. The fourth-order valence-electron chi connectivity index (χ4n) is 3.99. The molecule has 0 unspecified atom stereocenters. The number of ether oxygens (including phenoxy) is 1. The average molecular weight is 457 g/mol. The van der Waals surface area contributed by atoms with Crippen LogP contribution in [0.4, 0.5) is 4.39 Å². The van der Waals surface area contributed by atoms with Crippen molar-refractivity contribution in [3.8, 4) is 11.4 Å². The summed E-state index contributed by atoms with van der Waals surface area (Å²) in [7, 11) is 0. The number of pyridine rings is 2. The van der Waals surface area contributed by atoms with Crippen molar-refractivity contribution >= 4 is 33.8 Å². The van der Waals surface area contributed by atoms with Crippen LogP contribution in [0.15, 0.2) is 59.7 Å². The summed E-state index contributed by atoms with van der Waals surface area (Å²) in [4.78, 5) is 18.2. The Morgan fingerprint density at radius 2 is 1.94 bits per heavy atom. The molecule has 7 heteroatoms. The minimum atomic E-state index is -0.388. The molecule has 3 aromatic heterocycles. The highest BCUT2D eigenvalue weighted by molar-refractivity contribution is 7.19. The van der Waals surface area contributed by atoms with Crippen molar-refractivity contribution in [1.82, 2.24) is 9.55 Å². The number of thiophene rings is 1. The predicted octanol–water partition coefficient (Wildman–Crippen LogP) is 5.86. The van der Waals surface area contributed by atoms with Gasteiger partial charge in [-0.2, -0.15) is 0 Å². The molecule has 4 aromatic rings. The number of rotatable bonds is 4. The lowest BCUT2D eigenvalue weighted by atomic mass is 10.1. The molecular weight excluding hydrogens is 435 g/mol. The summed E-state index contributed by atoms with van der Waals surface area (Å²) in [5, 5.41) is 1.33. The zero-order valence-corrected chi connectivity index (χ0v) is 18.5. The molecule has 0 saturated carbocycles. The van der Waals surface area contributed by atoms with Gasteiger partial charge in [-0.15, -0.1) is 23.7 Å². The quantitative estimate of drug-likeness (QED) is 0.361. The molecule has 0 spiro atoms. The van der Waals surface area contributed by atoms with Crippen LogP contribution in [-0.2, 0) is 19.4 Å². The van der Waals surface area contributed by atoms with E-state index in [-0.39, 0.29) is 30.4 Å². The van der Waals surface area contributed by atoms with E-state index < -0.39 is 0 Å². The third-order valence-electron chi connectivity index (χ3n) is 5.54. The number of fused-ring (bicyclic) bond motifs is 3. The molecule has 0 fully saturated rings. The lowest BCUT2D eigenvalue weighted by Crippen LogP contribution is -2.16. The van der Waals surface area contributed by atoms with Crippen LogP contribution in [0.25, 0.3) is 15.8 Å². The van der Waals surface area contributed by atoms with Gasteiger partial charge in [0.15, 0.2) is 0 Å². The fourth-order valence-corrected chi connectivity index (χ4v) is 5.32. The first-order chi connectivity index (χ1) is 14.7. The Morgan fingerprint density at radius 3 is 2.74 bits per heavy atom. The normalized spacial score (nSPS) is 13.3.